The van der Waals surface area contributed by atoms with E-state index in [2.05, 4.69) is 57.3 Å². The molecule has 3 atom stereocenters. The first kappa shape index (κ1) is 15.2. The van der Waals surface area contributed by atoms with Crippen LogP contribution >= 0.6 is 0 Å². The molecule has 102 valence electrons. The Balaban J connectivity index is 2.70. The largest absolute Gasteiger partial charge is 0.396 e. The van der Waals surface area contributed by atoms with Gasteiger partial charge in [-0.1, -0.05) is 45.0 Å². The molecule has 0 aliphatic rings. The summed E-state index contributed by atoms with van der Waals surface area (Å²) in [6, 6.07) is 9.55. The van der Waals surface area contributed by atoms with Gasteiger partial charge in [-0.15, -0.1) is 0 Å². The summed E-state index contributed by atoms with van der Waals surface area (Å²) >= 11 is 0. The van der Waals surface area contributed by atoms with Crippen LogP contribution in [0, 0.1) is 5.92 Å². The molecular weight excluding hydrogens is 222 g/mol. The van der Waals surface area contributed by atoms with E-state index in [1.54, 1.807) is 0 Å². The second-order valence-corrected chi connectivity index (χ2v) is 5.17. The van der Waals surface area contributed by atoms with E-state index in [-0.39, 0.29) is 12.5 Å². The Morgan fingerprint density at radius 3 is 2.17 bits per heavy atom. The maximum atomic E-state index is 9.19. The van der Waals surface area contributed by atoms with Gasteiger partial charge in [-0.05, 0) is 36.8 Å². The van der Waals surface area contributed by atoms with Crippen LogP contribution in [0.25, 0.3) is 0 Å². The third-order valence-electron chi connectivity index (χ3n) is 3.80. The lowest BCUT2D eigenvalue weighted by Gasteiger charge is -2.26. The highest BCUT2D eigenvalue weighted by Crippen LogP contribution is 2.19. The molecule has 0 bridgehead atoms. The van der Waals surface area contributed by atoms with Crippen LogP contribution in [-0.2, 0) is 6.42 Å². The van der Waals surface area contributed by atoms with Crippen molar-refractivity contribution >= 4 is 0 Å². The topological polar surface area (TPSA) is 32.3 Å². The number of nitrogens with one attached hydrogen (secondary N) is 1. The molecule has 0 saturated heterocycles. The molecule has 0 saturated carbocycles. The van der Waals surface area contributed by atoms with Crippen LogP contribution in [0.15, 0.2) is 24.3 Å². The Morgan fingerprint density at radius 1 is 1.11 bits per heavy atom. The van der Waals surface area contributed by atoms with E-state index in [4.69, 9.17) is 0 Å². The van der Waals surface area contributed by atoms with Crippen molar-refractivity contribution in [2.75, 3.05) is 6.61 Å². The fourth-order valence-corrected chi connectivity index (χ4v) is 2.08. The number of hydrogen-bond acceptors (Lipinski definition) is 2. The first-order valence-electron chi connectivity index (χ1n) is 7.08. The van der Waals surface area contributed by atoms with E-state index in [9.17, 15) is 5.11 Å². The number of rotatable bonds is 7. The molecule has 0 aliphatic carbocycles. The second-order valence-electron chi connectivity index (χ2n) is 5.17. The third kappa shape index (κ3) is 4.11. The van der Waals surface area contributed by atoms with Gasteiger partial charge < -0.3 is 10.4 Å². The predicted molar refractivity (Wildman–Crippen MR) is 77.7 cm³/mol. The van der Waals surface area contributed by atoms with E-state index in [0.717, 1.165) is 12.8 Å². The average Bonchev–Trinajstić information content (AvgIpc) is 2.43. The summed E-state index contributed by atoms with van der Waals surface area (Å²) in [6.45, 7) is 8.82. The number of aliphatic hydroxyl groups is 1. The van der Waals surface area contributed by atoms with Gasteiger partial charge in [0.25, 0.3) is 0 Å². The van der Waals surface area contributed by atoms with Crippen molar-refractivity contribution in [3.63, 3.8) is 0 Å². The SMILES string of the molecule is CCc1ccc(C(CC)NC(C)C(C)CO)cc1. The Kier molecular flexibility index (Phi) is 6.37. The molecule has 2 N–H and O–H groups in total. The summed E-state index contributed by atoms with van der Waals surface area (Å²) in [5.41, 5.74) is 2.72. The molecule has 3 unspecified atom stereocenters. The Bertz CT molecular complexity index is 333. The molecule has 0 spiro atoms. The Hall–Kier alpha value is -0.860. The second kappa shape index (κ2) is 7.55. The zero-order valence-corrected chi connectivity index (χ0v) is 12.1. The molecule has 1 aromatic rings. The molecule has 0 aromatic heterocycles. The molecule has 2 heteroatoms. The monoisotopic (exact) mass is 249 g/mol. The summed E-state index contributed by atoms with van der Waals surface area (Å²) < 4.78 is 0. The average molecular weight is 249 g/mol. The quantitative estimate of drug-likeness (QED) is 0.777. The van der Waals surface area contributed by atoms with E-state index < -0.39 is 0 Å². The van der Waals surface area contributed by atoms with Crippen molar-refractivity contribution in [3.8, 4) is 0 Å². The minimum atomic E-state index is 0.235. The zero-order chi connectivity index (χ0) is 13.5. The highest BCUT2D eigenvalue weighted by Gasteiger charge is 2.16. The van der Waals surface area contributed by atoms with Gasteiger partial charge in [0.2, 0.25) is 0 Å². The summed E-state index contributed by atoms with van der Waals surface area (Å²) in [7, 11) is 0. The van der Waals surface area contributed by atoms with Crippen molar-refractivity contribution < 1.29 is 5.11 Å². The summed E-state index contributed by atoms with van der Waals surface area (Å²) in [6.07, 6.45) is 2.15. The van der Waals surface area contributed by atoms with E-state index in [1.807, 2.05) is 0 Å². The van der Waals surface area contributed by atoms with Gasteiger partial charge in [0.05, 0.1) is 0 Å². The molecule has 0 radical (unpaired) electrons. The van der Waals surface area contributed by atoms with E-state index >= 15 is 0 Å². The minimum Gasteiger partial charge on any atom is -0.396 e. The number of hydrogen-bond donors (Lipinski definition) is 2. The van der Waals surface area contributed by atoms with Crippen molar-refractivity contribution in [1.29, 1.82) is 0 Å². The molecule has 1 aromatic carbocycles. The number of aryl methyl sites for hydroxylation is 1. The molecule has 18 heavy (non-hydrogen) atoms. The van der Waals surface area contributed by atoms with Crippen molar-refractivity contribution in [1.82, 2.24) is 5.32 Å². The maximum absolute atomic E-state index is 9.19. The first-order chi connectivity index (χ1) is 8.62. The smallest absolute Gasteiger partial charge is 0.0471 e. The van der Waals surface area contributed by atoms with Crippen LogP contribution in [0.3, 0.4) is 0 Å². The zero-order valence-electron chi connectivity index (χ0n) is 12.1. The normalized spacial score (nSPS) is 16.3. The fourth-order valence-electron chi connectivity index (χ4n) is 2.08. The van der Waals surface area contributed by atoms with Gasteiger partial charge in [0.1, 0.15) is 0 Å². The van der Waals surface area contributed by atoms with Crippen LogP contribution in [0.2, 0.25) is 0 Å². The first-order valence-corrected chi connectivity index (χ1v) is 7.08. The van der Waals surface area contributed by atoms with Gasteiger partial charge in [0, 0.05) is 18.7 Å². The van der Waals surface area contributed by atoms with Crippen LogP contribution < -0.4 is 5.32 Å². The molecule has 0 amide bonds. The lowest BCUT2D eigenvalue weighted by molar-refractivity contribution is 0.200. The Morgan fingerprint density at radius 2 is 1.72 bits per heavy atom. The highest BCUT2D eigenvalue weighted by molar-refractivity contribution is 5.25. The minimum absolute atomic E-state index is 0.235. The summed E-state index contributed by atoms with van der Waals surface area (Å²) in [4.78, 5) is 0. The molecule has 0 fully saturated rings. The third-order valence-corrected chi connectivity index (χ3v) is 3.80. The lowest BCUT2D eigenvalue weighted by Crippen LogP contribution is -2.36. The molecule has 0 aliphatic heterocycles. The van der Waals surface area contributed by atoms with Crippen molar-refractivity contribution in [2.45, 2.75) is 52.6 Å². The standard InChI is InChI=1S/C16H27NO/c1-5-14-7-9-15(10-8-14)16(6-2)17-13(4)12(3)11-18/h7-10,12-13,16-18H,5-6,11H2,1-4H3. The van der Waals surface area contributed by atoms with Crippen LogP contribution in [0.1, 0.15) is 51.3 Å². The van der Waals surface area contributed by atoms with E-state index in [0.29, 0.717) is 12.1 Å². The summed E-state index contributed by atoms with van der Waals surface area (Å²) in [5.74, 6) is 0.286. The van der Waals surface area contributed by atoms with Gasteiger partial charge in [-0.25, -0.2) is 0 Å². The molecule has 0 heterocycles. The van der Waals surface area contributed by atoms with Crippen LogP contribution in [0.4, 0.5) is 0 Å². The molecular formula is C16H27NO. The maximum Gasteiger partial charge on any atom is 0.0471 e. The summed E-state index contributed by atoms with van der Waals surface area (Å²) in [5, 5.41) is 12.8. The van der Waals surface area contributed by atoms with Gasteiger partial charge in [0.15, 0.2) is 0 Å². The highest BCUT2D eigenvalue weighted by atomic mass is 16.3. The number of benzene rings is 1. The van der Waals surface area contributed by atoms with E-state index in [1.165, 1.54) is 11.1 Å². The fraction of sp³-hybridized carbons (Fsp3) is 0.625. The van der Waals surface area contributed by atoms with Gasteiger partial charge in [-0.2, -0.15) is 0 Å². The van der Waals surface area contributed by atoms with Crippen LogP contribution in [-0.4, -0.2) is 17.8 Å². The number of aliphatic hydroxyl groups excluding tert-OH is 1. The predicted octanol–water partition coefficient (Wildman–Crippen LogP) is 3.31. The molecule has 1 rings (SSSR count). The van der Waals surface area contributed by atoms with Crippen LogP contribution in [0.5, 0.6) is 0 Å². The van der Waals surface area contributed by atoms with Crippen molar-refractivity contribution in [3.05, 3.63) is 35.4 Å². The van der Waals surface area contributed by atoms with Crippen molar-refractivity contribution in [2.24, 2.45) is 5.92 Å². The Labute approximate surface area is 111 Å². The van der Waals surface area contributed by atoms with Gasteiger partial charge >= 0.3 is 0 Å². The molecule has 2 nitrogen and oxygen atoms in total. The van der Waals surface area contributed by atoms with Gasteiger partial charge in [-0.3, -0.25) is 0 Å². The lowest BCUT2D eigenvalue weighted by atomic mass is 9.98.